The SMILES string of the molecule is COc1ccc2c(c1CNC(=O)CNC(=O)[C@H](CC(=O)OC(C)(C)C)NC(=O)OCc1ccccc1)Sc1c(ccc(OC)c1N(CC(=O)OCc1ccccc1)C(=O)CNC(C)=O)N2C. The summed E-state index contributed by atoms with van der Waals surface area (Å²) in [5, 5.41) is 10.2. The fourth-order valence-electron chi connectivity index (χ4n) is 6.60. The number of anilines is 3. The first-order valence-electron chi connectivity index (χ1n) is 20.8. The Morgan fingerprint density at radius 2 is 1.30 bits per heavy atom. The molecule has 66 heavy (non-hydrogen) atoms. The van der Waals surface area contributed by atoms with E-state index in [0.717, 1.165) is 11.3 Å². The lowest BCUT2D eigenvalue weighted by Crippen LogP contribution is -2.50. The molecule has 4 aromatic carbocycles. The van der Waals surface area contributed by atoms with Gasteiger partial charge in [-0.1, -0.05) is 72.4 Å². The van der Waals surface area contributed by atoms with Crippen molar-refractivity contribution in [2.45, 2.75) is 75.3 Å². The summed E-state index contributed by atoms with van der Waals surface area (Å²) in [5.74, 6) is -3.33. The van der Waals surface area contributed by atoms with E-state index in [1.165, 1.54) is 37.8 Å². The van der Waals surface area contributed by atoms with Crippen LogP contribution < -0.4 is 40.5 Å². The molecular weight excluding hydrogens is 873 g/mol. The number of nitrogens with zero attached hydrogens (tertiary/aromatic N) is 2. The molecule has 1 atom stereocenters. The van der Waals surface area contributed by atoms with Crippen LogP contribution in [0.3, 0.4) is 0 Å². The Morgan fingerprint density at radius 1 is 0.712 bits per heavy atom. The van der Waals surface area contributed by atoms with E-state index in [-0.39, 0.29) is 31.2 Å². The van der Waals surface area contributed by atoms with Gasteiger partial charge in [0.2, 0.25) is 23.6 Å². The van der Waals surface area contributed by atoms with Crippen molar-refractivity contribution in [1.82, 2.24) is 21.3 Å². The zero-order valence-electron chi connectivity index (χ0n) is 37.8. The average molecular weight is 927 g/mol. The minimum absolute atomic E-state index is 0.0335. The lowest BCUT2D eigenvalue weighted by Gasteiger charge is -2.35. The first-order chi connectivity index (χ1) is 31.5. The molecule has 18 nitrogen and oxygen atoms in total. The molecule has 1 aliphatic heterocycles. The largest absolute Gasteiger partial charge is 0.496 e. The highest BCUT2D eigenvalue weighted by atomic mass is 32.2. The lowest BCUT2D eigenvalue weighted by molar-refractivity contribution is -0.156. The number of carbonyl (C=O) groups excluding carboxylic acids is 7. The standard InChI is InChI=1S/C47H54N6O12S/c1-29(54)48-25-39(56)53(26-41(58)63-27-30-14-10-8-11-15-30)42-37(62-7)21-19-35-44(42)66-43-32(36(61-6)20-18-34(43)52(35)5)23-49-38(55)24-50-45(59)33(22-40(57)65-47(2,3)4)51-46(60)64-28-31-16-12-9-13-17-31/h8-21,33H,22-28H2,1-7H3,(H,48,54)(H,49,55)(H,50,59)(H,51,60)/t33-/m0/s1. The number of esters is 2. The van der Waals surface area contributed by atoms with E-state index in [9.17, 15) is 33.6 Å². The summed E-state index contributed by atoms with van der Waals surface area (Å²) in [6.07, 6.45) is -1.50. The van der Waals surface area contributed by atoms with E-state index in [0.29, 0.717) is 32.4 Å². The van der Waals surface area contributed by atoms with Gasteiger partial charge in [-0.3, -0.25) is 33.7 Å². The molecular formula is C47H54N6O12S. The fraction of sp³-hybridized carbons (Fsp3) is 0.340. The Morgan fingerprint density at radius 3 is 1.89 bits per heavy atom. The first kappa shape index (κ1) is 49.7. The van der Waals surface area contributed by atoms with Gasteiger partial charge in [-0.15, -0.1) is 0 Å². The summed E-state index contributed by atoms with van der Waals surface area (Å²) < 4.78 is 27.7. The van der Waals surface area contributed by atoms with E-state index < -0.39 is 79.4 Å². The van der Waals surface area contributed by atoms with Crippen molar-refractivity contribution in [2.24, 2.45) is 0 Å². The van der Waals surface area contributed by atoms with Gasteiger partial charge in [0.25, 0.3) is 0 Å². The molecule has 1 aliphatic rings. The minimum Gasteiger partial charge on any atom is -0.496 e. The van der Waals surface area contributed by atoms with E-state index in [1.807, 2.05) is 42.3 Å². The smallest absolute Gasteiger partial charge is 0.408 e. The Hall–Kier alpha value is -7.28. The Labute approximate surface area is 387 Å². The number of rotatable bonds is 19. The molecule has 4 N–H and O–H groups in total. The topological polar surface area (TPSA) is 220 Å². The average Bonchev–Trinajstić information content (AvgIpc) is 3.29. The van der Waals surface area contributed by atoms with E-state index >= 15 is 0 Å². The second kappa shape index (κ2) is 23.1. The molecule has 0 saturated heterocycles. The van der Waals surface area contributed by atoms with Crippen LogP contribution >= 0.6 is 11.8 Å². The Bertz CT molecular complexity index is 2410. The lowest BCUT2D eigenvalue weighted by atomic mass is 10.1. The van der Waals surface area contributed by atoms with Crippen LogP contribution in [0.25, 0.3) is 0 Å². The number of carbonyl (C=O) groups is 7. The van der Waals surface area contributed by atoms with Gasteiger partial charge in [0, 0.05) is 31.0 Å². The van der Waals surface area contributed by atoms with Gasteiger partial charge in [0.15, 0.2) is 0 Å². The van der Waals surface area contributed by atoms with Crippen LogP contribution in [-0.2, 0) is 62.7 Å². The van der Waals surface area contributed by atoms with Gasteiger partial charge in [0.1, 0.15) is 48.6 Å². The minimum atomic E-state index is -1.44. The Kier molecular flexibility index (Phi) is 17.4. The second-order valence-electron chi connectivity index (χ2n) is 15.8. The highest BCUT2D eigenvalue weighted by Crippen LogP contribution is 2.56. The van der Waals surface area contributed by atoms with Gasteiger partial charge in [-0.05, 0) is 56.2 Å². The molecule has 4 aromatic rings. The maximum Gasteiger partial charge on any atom is 0.408 e. The molecule has 0 fully saturated rings. The van der Waals surface area contributed by atoms with Crippen LogP contribution in [0.2, 0.25) is 0 Å². The summed E-state index contributed by atoms with van der Waals surface area (Å²) in [6.45, 7) is 4.55. The monoisotopic (exact) mass is 926 g/mol. The van der Waals surface area contributed by atoms with Crippen LogP contribution in [0.4, 0.5) is 21.9 Å². The third-order valence-electron chi connectivity index (χ3n) is 9.72. The van der Waals surface area contributed by atoms with Crippen molar-refractivity contribution in [3.05, 3.63) is 102 Å². The highest BCUT2D eigenvalue weighted by molar-refractivity contribution is 8.00. The molecule has 0 aromatic heterocycles. The maximum atomic E-state index is 14.0. The quantitative estimate of drug-likeness (QED) is 0.0726. The van der Waals surface area contributed by atoms with Crippen molar-refractivity contribution < 1.29 is 57.2 Å². The van der Waals surface area contributed by atoms with Gasteiger partial charge >= 0.3 is 18.0 Å². The van der Waals surface area contributed by atoms with E-state index in [2.05, 4.69) is 21.3 Å². The predicted octanol–water partition coefficient (Wildman–Crippen LogP) is 4.91. The molecule has 1 heterocycles. The zero-order chi connectivity index (χ0) is 48.0. The summed E-state index contributed by atoms with van der Waals surface area (Å²) in [5.41, 5.74) is 2.73. The molecule has 350 valence electrons. The maximum absolute atomic E-state index is 14.0. The van der Waals surface area contributed by atoms with Crippen molar-refractivity contribution in [1.29, 1.82) is 0 Å². The van der Waals surface area contributed by atoms with Gasteiger partial charge < -0.3 is 49.9 Å². The fourth-order valence-corrected chi connectivity index (χ4v) is 8.03. The van der Waals surface area contributed by atoms with Crippen molar-refractivity contribution in [2.75, 3.05) is 50.7 Å². The van der Waals surface area contributed by atoms with Gasteiger partial charge in [-0.25, -0.2) is 4.79 Å². The first-order valence-corrected chi connectivity index (χ1v) is 21.6. The molecule has 0 aliphatic carbocycles. The third kappa shape index (κ3) is 13.9. The van der Waals surface area contributed by atoms with Gasteiger partial charge in [-0.2, -0.15) is 0 Å². The number of hydrogen-bond donors (Lipinski definition) is 4. The number of benzene rings is 4. The van der Waals surface area contributed by atoms with Crippen LogP contribution in [0, 0.1) is 0 Å². The number of hydrogen-bond acceptors (Lipinski definition) is 14. The number of fused-ring (bicyclic) bond motifs is 2. The summed E-state index contributed by atoms with van der Waals surface area (Å²) in [6, 6.07) is 23.5. The van der Waals surface area contributed by atoms with E-state index in [1.54, 1.807) is 75.4 Å². The van der Waals surface area contributed by atoms with Crippen molar-refractivity contribution >= 4 is 70.5 Å². The Balaban J connectivity index is 1.36. The van der Waals surface area contributed by atoms with Crippen LogP contribution in [0.5, 0.6) is 11.5 Å². The van der Waals surface area contributed by atoms with Gasteiger partial charge in [0.05, 0.1) is 50.0 Å². The van der Waals surface area contributed by atoms with Crippen molar-refractivity contribution in [3.8, 4) is 11.5 Å². The summed E-state index contributed by atoms with van der Waals surface area (Å²) in [7, 11) is 4.71. The molecule has 0 bridgehead atoms. The molecule has 0 spiro atoms. The number of alkyl carbamates (subject to hydrolysis) is 1. The molecule has 5 amide bonds. The number of ether oxygens (including phenoxy) is 5. The third-order valence-corrected chi connectivity index (χ3v) is 11.0. The summed E-state index contributed by atoms with van der Waals surface area (Å²) in [4.78, 5) is 95.8. The number of nitrogens with one attached hydrogen (secondary N) is 4. The summed E-state index contributed by atoms with van der Waals surface area (Å²) >= 11 is 1.25. The van der Waals surface area contributed by atoms with Crippen molar-refractivity contribution in [3.63, 3.8) is 0 Å². The van der Waals surface area contributed by atoms with Crippen LogP contribution in [-0.4, -0.2) is 94.2 Å². The number of amides is 5. The normalized spacial score (nSPS) is 12.0. The highest BCUT2D eigenvalue weighted by Gasteiger charge is 2.34. The number of methoxy groups -OCH3 is 2. The molecule has 19 heteroatoms. The molecule has 5 rings (SSSR count). The van der Waals surface area contributed by atoms with Crippen LogP contribution in [0.15, 0.2) is 94.7 Å². The van der Waals surface area contributed by atoms with E-state index in [4.69, 9.17) is 23.7 Å². The molecule has 0 saturated carbocycles. The molecule has 0 radical (unpaired) electrons. The molecule has 0 unspecified atom stereocenters. The predicted molar refractivity (Wildman–Crippen MR) is 244 cm³/mol. The van der Waals surface area contributed by atoms with Crippen LogP contribution in [0.1, 0.15) is 50.8 Å². The zero-order valence-corrected chi connectivity index (χ0v) is 38.6. The second-order valence-corrected chi connectivity index (χ2v) is 16.8.